The first-order valence-corrected chi connectivity index (χ1v) is 11.7. The zero-order chi connectivity index (χ0) is 24.5. The molecule has 4 aromatic rings. The Balaban J connectivity index is 1.62. The van der Waals surface area contributed by atoms with Crippen molar-refractivity contribution in [3.05, 3.63) is 66.0 Å². The van der Waals surface area contributed by atoms with Crippen molar-refractivity contribution in [2.75, 3.05) is 17.1 Å². The number of para-hydroxylation sites is 2. The Kier molecular flexibility index (Phi) is 6.12. The van der Waals surface area contributed by atoms with Crippen molar-refractivity contribution >= 4 is 38.4 Å². The van der Waals surface area contributed by atoms with Crippen LogP contribution in [0, 0.1) is 0 Å². The monoisotopic (exact) mass is 482 g/mol. The van der Waals surface area contributed by atoms with Gasteiger partial charge in [0.05, 0.1) is 40.0 Å². The average molecular weight is 483 g/mol. The molecule has 0 aliphatic rings. The third-order valence-electron chi connectivity index (χ3n) is 5.04. The second-order valence-electron chi connectivity index (χ2n) is 7.74. The predicted molar refractivity (Wildman–Crippen MR) is 126 cm³/mol. The number of phenols is 1. The van der Waals surface area contributed by atoms with E-state index in [2.05, 4.69) is 20.2 Å². The number of benzene rings is 2. The number of rotatable bonds is 7. The first-order valence-electron chi connectivity index (χ1n) is 10.2. The topological polar surface area (TPSA) is 144 Å². The molecule has 11 heteroatoms. The van der Waals surface area contributed by atoms with Crippen LogP contribution in [-0.2, 0) is 10.0 Å². The average Bonchev–Trinajstić information content (AvgIpc) is 3.24. The Morgan fingerprint density at radius 3 is 2.62 bits per heavy atom. The van der Waals surface area contributed by atoms with E-state index in [0.29, 0.717) is 22.5 Å². The van der Waals surface area contributed by atoms with Crippen LogP contribution in [0.3, 0.4) is 0 Å². The summed E-state index contributed by atoms with van der Waals surface area (Å²) >= 11 is 0. The summed E-state index contributed by atoms with van der Waals surface area (Å²) in [5.74, 6) is -0.488. The highest BCUT2D eigenvalue weighted by Crippen LogP contribution is 2.31. The van der Waals surface area contributed by atoms with Gasteiger partial charge < -0.3 is 19.7 Å². The number of fused-ring (bicyclic) bond motifs is 1. The fourth-order valence-electron chi connectivity index (χ4n) is 3.30. The van der Waals surface area contributed by atoms with Gasteiger partial charge in [-0.25, -0.2) is 13.4 Å². The molecule has 0 aliphatic heterocycles. The highest BCUT2D eigenvalue weighted by molar-refractivity contribution is 7.92. The smallest absolute Gasteiger partial charge is 0.262 e. The molecular formula is C23H22N4O6S. The second-order valence-corrected chi connectivity index (χ2v) is 9.42. The number of carbonyl (C=O) groups excluding carboxylic acids is 1. The molecule has 176 valence electrons. The lowest BCUT2D eigenvalue weighted by Gasteiger charge is -2.13. The number of hydrogen-bond donors (Lipinski definition) is 3. The third-order valence-corrected chi connectivity index (χ3v) is 6.41. The van der Waals surface area contributed by atoms with Crippen LogP contribution in [-0.4, -0.2) is 36.7 Å². The number of amides is 1. The Labute approximate surface area is 195 Å². The molecule has 0 saturated carbocycles. The molecule has 0 unspecified atom stereocenters. The van der Waals surface area contributed by atoms with Gasteiger partial charge in [-0.2, -0.15) is 0 Å². The third kappa shape index (κ3) is 4.50. The number of nitrogens with zero attached hydrogens (tertiary/aromatic N) is 2. The van der Waals surface area contributed by atoms with E-state index in [1.54, 1.807) is 30.3 Å². The molecule has 2 heterocycles. The highest BCUT2D eigenvalue weighted by Gasteiger charge is 2.20. The maximum absolute atomic E-state index is 12.9. The number of phenolic OH excluding ortho intramolecular Hbond substituents is 1. The van der Waals surface area contributed by atoms with Gasteiger partial charge >= 0.3 is 0 Å². The number of carbonyl (C=O) groups is 1. The molecule has 0 atom stereocenters. The normalized spacial score (nSPS) is 11.5. The Morgan fingerprint density at radius 1 is 1.12 bits per heavy atom. The summed E-state index contributed by atoms with van der Waals surface area (Å²) in [7, 11) is -2.62. The molecule has 0 aliphatic carbocycles. The van der Waals surface area contributed by atoms with Crippen LogP contribution in [0.1, 0.15) is 35.8 Å². The van der Waals surface area contributed by atoms with Gasteiger partial charge in [0.15, 0.2) is 0 Å². The van der Waals surface area contributed by atoms with Gasteiger partial charge in [0.1, 0.15) is 11.5 Å². The summed E-state index contributed by atoms with van der Waals surface area (Å²) in [6, 6.07) is 11.7. The van der Waals surface area contributed by atoms with E-state index in [1.165, 1.54) is 25.4 Å². The molecule has 0 bridgehead atoms. The molecule has 2 aromatic heterocycles. The molecule has 1 amide bonds. The molecule has 0 radical (unpaired) electrons. The minimum absolute atomic E-state index is 0.0584. The van der Waals surface area contributed by atoms with Gasteiger partial charge in [-0.05, 0) is 42.3 Å². The maximum atomic E-state index is 12.9. The molecule has 3 N–H and O–H groups in total. The van der Waals surface area contributed by atoms with Crippen molar-refractivity contribution in [2.24, 2.45) is 0 Å². The summed E-state index contributed by atoms with van der Waals surface area (Å²) < 4.78 is 38.6. The van der Waals surface area contributed by atoms with Gasteiger partial charge in [0.25, 0.3) is 21.6 Å². The van der Waals surface area contributed by atoms with Gasteiger partial charge in [0, 0.05) is 6.20 Å². The van der Waals surface area contributed by atoms with E-state index >= 15 is 0 Å². The molecule has 0 spiro atoms. The van der Waals surface area contributed by atoms with E-state index < -0.39 is 15.9 Å². The fraction of sp³-hybridized carbons (Fsp3) is 0.174. The van der Waals surface area contributed by atoms with Crippen molar-refractivity contribution in [1.29, 1.82) is 0 Å². The van der Waals surface area contributed by atoms with Gasteiger partial charge in [-0.1, -0.05) is 31.1 Å². The largest absolute Gasteiger partial charge is 0.506 e. The molecule has 10 nitrogen and oxygen atoms in total. The van der Waals surface area contributed by atoms with Crippen LogP contribution in [0.15, 0.2) is 64.1 Å². The van der Waals surface area contributed by atoms with Crippen molar-refractivity contribution in [2.45, 2.75) is 24.7 Å². The van der Waals surface area contributed by atoms with E-state index in [9.17, 15) is 18.3 Å². The number of methoxy groups -OCH3 is 1. The quantitative estimate of drug-likeness (QED) is 0.334. The number of anilines is 2. The lowest BCUT2D eigenvalue weighted by atomic mass is 10.1. The zero-order valence-electron chi connectivity index (χ0n) is 18.6. The zero-order valence-corrected chi connectivity index (χ0v) is 19.4. The molecule has 0 fully saturated rings. The van der Waals surface area contributed by atoms with E-state index in [1.807, 2.05) is 13.8 Å². The van der Waals surface area contributed by atoms with Crippen molar-refractivity contribution in [3.8, 4) is 11.5 Å². The summed E-state index contributed by atoms with van der Waals surface area (Å²) in [4.78, 5) is 16.8. The maximum Gasteiger partial charge on any atom is 0.262 e. The molecule has 34 heavy (non-hydrogen) atoms. The summed E-state index contributed by atoms with van der Waals surface area (Å²) in [6.45, 7) is 3.88. The standard InChI is InChI=1S/C23H22N4O6S/c1-13(2)21-16-10-14(12-24-23(16)33-26-21)22(29)25-18-11-15(8-9-19(18)28)34(30,31)27-17-6-4-5-7-20(17)32-3/h4-13,27-28H,1-3H3,(H,25,29). The number of aromatic nitrogens is 2. The van der Waals surface area contributed by atoms with Crippen LogP contribution >= 0.6 is 0 Å². The number of ether oxygens (including phenoxy) is 1. The van der Waals surface area contributed by atoms with Crippen LogP contribution in [0.2, 0.25) is 0 Å². The van der Waals surface area contributed by atoms with Gasteiger partial charge in [0.2, 0.25) is 0 Å². The summed E-state index contributed by atoms with van der Waals surface area (Å²) in [5.41, 5.74) is 1.33. The minimum Gasteiger partial charge on any atom is -0.506 e. The van der Waals surface area contributed by atoms with Crippen molar-refractivity contribution in [1.82, 2.24) is 10.1 Å². The van der Waals surface area contributed by atoms with Crippen LogP contribution in [0.25, 0.3) is 11.1 Å². The minimum atomic E-state index is -4.05. The van der Waals surface area contributed by atoms with Crippen molar-refractivity contribution in [3.63, 3.8) is 0 Å². The summed E-state index contributed by atoms with van der Waals surface area (Å²) in [6.07, 6.45) is 1.31. The number of pyridine rings is 1. The Morgan fingerprint density at radius 2 is 1.88 bits per heavy atom. The fourth-order valence-corrected chi connectivity index (χ4v) is 4.40. The van der Waals surface area contributed by atoms with E-state index in [4.69, 9.17) is 9.26 Å². The van der Waals surface area contributed by atoms with Gasteiger partial charge in [-0.15, -0.1) is 0 Å². The summed E-state index contributed by atoms with van der Waals surface area (Å²) in [5, 5.41) is 17.4. The second kappa shape index (κ2) is 9.02. The molecular weight excluding hydrogens is 460 g/mol. The predicted octanol–water partition coefficient (Wildman–Crippen LogP) is 4.11. The SMILES string of the molecule is COc1ccccc1NS(=O)(=O)c1ccc(O)c(NC(=O)c2cnc3onc(C(C)C)c3c2)c1. The number of aromatic hydroxyl groups is 1. The lowest BCUT2D eigenvalue weighted by molar-refractivity contribution is 0.102. The Bertz CT molecular complexity index is 1480. The van der Waals surface area contributed by atoms with Crippen LogP contribution < -0.4 is 14.8 Å². The van der Waals surface area contributed by atoms with Crippen LogP contribution in [0.5, 0.6) is 11.5 Å². The molecule has 0 saturated heterocycles. The highest BCUT2D eigenvalue weighted by atomic mass is 32.2. The van der Waals surface area contributed by atoms with Crippen LogP contribution in [0.4, 0.5) is 11.4 Å². The number of nitrogens with one attached hydrogen (secondary N) is 2. The first kappa shape index (κ1) is 23.1. The van der Waals surface area contributed by atoms with Crippen molar-refractivity contribution < 1.29 is 27.6 Å². The van der Waals surface area contributed by atoms with Gasteiger partial charge in [-0.3, -0.25) is 9.52 Å². The number of sulfonamides is 1. The van der Waals surface area contributed by atoms with E-state index in [0.717, 1.165) is 6.07 Å². The number of hydrogen-bond acceptors (Lipinski definition) is 8. The molecule has 2 aromatic carbocycles. The Hall–Kier alpha value is -4.12. The first-order chi connectivity index (χ1) is 16.2. The molecule has 4 rings (SSSR count). The van der Waals surface area contributed by atoms with E-state index in [-0.39, 0.29) is 33.5 Å². The lowest BCUT2D eigenvalue weighted by Crippen LogP contribution is -2.16.